The molecule has 0 bridgehead atoms. The number of nitrogens with one attached hydrogen (secondary N) is 1. The van der Waals surface area contributed by atoms with E-state index in [1.807, 2.05) is 33.9 Å². The molecule has 0 fully saturated rings. The average Bonchev–Trinajstić information content (AvgIpc) is 3.12. The van der Waals surface area contributed by atoms with Crippen molar-refractivity contribution < 1.29 is 18.3 Å². The van der Waals surface area contributed by atoms with Gasteiger partial charge in [0.05, 0.1) is 31.0 Å². The number of hydrogen-bond acceptors (Lipinski definition) is 8. The van der Waals surface area contributed by atoms with Gasteiger partial charge in [0.25, 0.3) is 5.91 Å². The number of anilines is 2. The minimum Gasteiger partial charge on any atom is -0.392 e. The summed E-state index contributed by atoms with van der Waals surface area (Å²) in [4.78, 5) is 19.2. The van der Waals surface area contributed by atoms with Crippen LogP contribution < -0.4 is 9.62 Å². The zero-order chi connectivity index (χ0) is 22.6. The van der Waals surface area contributed by atoms with Crippen LogP contribution in [0.1, 0.15) is 32.1 Å². The molecular weight excluding hydrogens is 436 g/mol. The predicted octanol–water partition coefficient (Wildman–Crippen LogP) is 2.84. The molecule has 2 aromatic carbocycles. The number of sulfonamides is 1. The Hall–Kier alpha value is -3.26. The van der Waals surface area contributed by atoms with Gasteiger partial charge in [0.1, 0.15) is 5.69 Å². The van der Waals surface area contributed by atoms with E-state index in [2.05, 4.69) is 11.1 Å². The number of nitriles is 1. The standard InChI is InChI=1S/C21H20N4O4S2/c1-14-19(20(27)24-31(2,28)29)23-21(30-14)25(18-8-6-15(11-22)7-9-18)12-16-4-3-5-17(10-16)13-26/h3-10,26H,12-13H2,1-2H3,(H,24,27). The van der Waals surface area contributed by atoms with E-state index in [4.69, 9.17) is 5.26 Å². The maximum atomic E-state index is 12.4. The number of aliphatic hydroxyl groups excluding tert-OH is 1. The number of benzene rings is 2. The van der Waals surface area contributed by atoms with Crippen molar-refractivity contribution in [1.29, 1.82) is 5.26 Å². The van der Waals surface area contributed by atoms with Crippen LogP contribution in [-0.4, -0.2) is 30.7 Å². The lowest BCUT2D eigenvalue weighted by Crippen LogP contribution is -2.30. The highest BCUT2D eigenvalue weighted by Gasteiger charge is 2.22. The summed E-state index contributed by atoms with van der Waals surface area (Å²) in [5.41, 5.74) is 2.96. The van der Waals surface area contributed by atoms with Gasteiger partial charge in [-0.25, -0.2) is 18.1 Å². The van der Waals surface area contributed by atoms with Crippen molar-refractivity contribution in [1.82, 2.24) is 9.71 Å². The monoisotopic (exact) mass is 456 g/mol. The van der Waals surface area contributed by atoms with Crippen molar-refractivity contribution in [3.05, 3.63) is 75.8 Å². The van der Waals surface area contributed by atoms with Gasteiger partial charge in [-0.1, -0.05) is 24.3 Å². The molecule has 31 heavy (non-hydrogen) atoms. The summed E-state index contributed by atoms with van der Waals surface area (Å²) < 4.78 is 24.8. The Morgan fingerprint density at radius 1 is 1.23 bits per heavy atom. The number of thiazole rings is 1. The van der Waals surface area contributed by atoms with E-state index in [9.17, 15) is 18.3 Å². The number of rotatable bonds is 7. The molecule has 0 radical (unpaired) electrons. The molecule has 0 atom stereocenters. The Kier molecular flexibility index (Phi) is 6.70. The third-order valence-corrected chi connectivity index (χ3v) is 5.88. The third-order valence-electron chi connectivity index (χ3n) is 4.33. The minimum atomic E-state index is -3.72. The molecule has 3 aromatic rings. The van der Waals surface area contributed by atoms with Crippen LogP contribution in [0.4, 0.5) is 10.8 Å². The van der Waals surface area contributed by atoms with E-state index in [-0.39, 0.29) is 12.3 Å². The fourth-order valence-corrected chi connectivity index (χ4v) is 4.28. The van der Waals surface area contributed by atoms with Crippen molar-refractivity contribution in [3.63, 3.8) is 0 Å². The highest BCUT2D eigenvalue weighted by molar-refractivity contribution is 7.89. The number of carbonyl (C=O) groups is 1. The van der Waals surface area contributed by atoms with E-state index < -0.39 is 15.9 Å². The second kappa shape index (κ2) is 9.26. The number of aromatic nitrogens is 1. The number of aliphatic hydroxyl groups is 1. The molecule has 0 spiro atoms. The molecule has 10 heteroatoms. The Morgan fingerprint density at radius 2 is 1.90 bits per heavy atom. The molecule has 1 amide bonds. The zero-order valence-electron chi connectivity index (χ0n) is 16.9. The van der Waals surface area contributed by atoms with Gasteiger partial charge in [0.15, 0.2) is 5.13 Å². The molecule has 3 rings (SSSR count). The SMILES string of the molecule is Cc1sc(N(Cc2cccc(CO)c2)c2ccc(C#N)cc2)nc1C(=O)NS(C)(=O)=O. The first-order valence-corrected chi connectivity index (χ1v) is 11.9. The maximum Gasteiger partial charge on any atom is 0.284 e. The first-order chi connectivity index (χ1) is 14.7. The number of nitrogens with zero attached hydrogens (tertiary/aromatic N) is 3. The second-order valence-electron chi connectivity index (χ2n) is 6.83. The summed E-state index contributed by atoms with van der Waals surface area (Å²) in [7, 11) is -3.72. The van der Waals surface area contributed by atoms with Crippen LogP contribution >= 0.6 is 11.3 Å². The van der Waals surface area contributed by atoms with E-state index in [0.29, 0.717) is 22.1 Å². The highest BCUT2D eigenvalue weighted by Crippen LogP contribution is 2.33. The van der Waals surface area contributed by atoms with Crippen LogP contribution in [0.5, 0.6) is 0 Å². The molecule has 0 aliphatic rings. The first kappa shape index (κ1) is 22.4. The fraction of sp³-hybridized carbons (Fsp3) is 0.190. The van der Waals surface area contributed by atoms with Crippen LogP contribution in [0.3, 0.4) is 0 Å². The normalized spacial score (nSPS) is 11.0. The molecule has 1 heterocycles. The third kappa shape index (κ3) is 5.67. The van der Waals surface area contributed by atoms with E-state index >= 15 is 0 Å². The molecule has 0 unspecified atom stereocenters. The van der Waals surface area contributed by atoms with E-state index in [1.54, 1.807) is 31.2 Å². The average molecular weight is 457 g/mol. The Balaban J connectivity index is 2.02. The van der Waals surface area contributed by atoms with Crippen LogP contribution in [0, 0.1) is 18.3 Å². The zero-order valence-corrected chi connectivity index (χ0v) is 18.5. The van der Waals surface area contributed by atoms with Gasteiger partial charge in [-0.05, 0) is 42.3 Å². The maximum absolute atomic E-state index is 12.4. The van der Waals surface area contributed by atoms with E-state index in [1.165, 1.54) is 11.3 Å². The van der Waals surface area contributed by atoms with Gasteiger partial charge < -0.3 is 10.0 Å². The summed E-state index contributed by atoms with van der Waals surface area (Å²) >= 11 is 1.26. The minimum absolute atomic E-state index is 0.0354. The number of amides is 1. The Bertz CT molecular complexity index is 1250. The Morgan fingerprint density at radius 3 is 2.52 bits per heavy atom. The largest absolute Gasteiger partial charge is 0.392 e. The summed E-state index contributed by atoms with van der Waals surface area (Å²) in [5, 5.41) is 19.0. The van der Waals surface area contributed by atoms with Crippen molar-refractivity contribution in [2.75, 3.05) is 11.2 Å². The van der Waals surface area contributed by atoms with Crippen molar-refractivity contribution in [2.45, 2.75) is 20.1 Å². The first-order valence-electron chi connectivity index (χ1n) is 9.16. The van der Waals surface area contributed by atoms with Crippen LogP contribution in [-0.2, 0) is 23.2 Å². The van der Waals surface area contributed by atoms with E-state index in [0.717, 1.165) is 23.1 Å². The number of aryl methyl sites for hydroxylation is 1. The van der Waals surface area contributed by atoms with Gasteiger partial charge in [-0.15, -0.1) is 11.3 Å². The molecular formula is C21H20N4O4S2. The van der Waals surface area contributed by atoms with Gasteiger partial charge in [0.2, 0.25) is 10.0 Å². The topological polar surface area (TPSA) is 123 Å². The highest BCUT2D eigenvalue weighted by atomic mass is 32.2. The number of carbonyl (C=O) groups excluding carboxylic acids is 1. The fourth-order valence-electron chi connectivity index (χ4n) is 2.92. The van der Waals surface area contributed by atoms with Gasteiger partial charge in [0, 0.05) is 10.6 Å². The lowest BCUT2D eigenvalue weighted by atomic mass is 10.1. The van der Waals surface area contributed by atoms with Crippen LogP contribution in [0.2, 0.25) is 0 Å². The van der Waals surface area contributed by atoms with Crippen molar-refractivity contribution in [3.8, 4) is 6.07 Å². The van der Waals surface area contributed by atoms with Crippen LogP contribution in [0.15, 0.2) is 48.5 Å². The molecule has 2 N–H and O–H groups in total. The van der Waals surface area contributed by atoms with Gasteiger partial charge in [-0.3, -0.25) is 4.79 Å². The second-order valence-corrected chi connectivity index (χ2v) is 9.76. The summed E-state index contributed by atoms with van der Waals surface area (Å²) in [6.07, 6.45) is 0.907. The molecule has 0 aliphatic heterocycles. The summed E-state index contributed by atoms with van der Waals surface area (Å²) in [5.74, 6) is -0.787. The predicted molar refractivity (Wildman–Crippen MR) is 119 cm³/mol. The van der Waals surface area contributed by atoms with Crippen molar-refractivity contribution in [2.24, 2.45) is 0 Å². The quantitative estimate of drug-likeness (QED) is 0.560. The summed E-state index contributed by atoms with van der Waals surface area (Å²) in [6, 6.07) is 16.4. The molecule has 160 valence electrons. The molecule has 0 saturated heterocycles. The molecule has 0 saturated carbocycles. The smallest absolute Gasteiger partial charge is 0.284 e. The lowest BCUT2D eigenvalue weighted by Gasteiger charge is -2.22. The lowest BCUT2D eigenvalue weighted by molar-refractivity contribution is 0.0977. The molecule has 0 aliphatic carbocycles. The Labute approximate surface area is 184 Å². The molecule has 1 aromatic heterocycles. The van der Waals surface area contributed by atoms with Crippen LogP contribution in [0.25, 0.3) is 0 Å². The van der Waals surface area contributed by atoms with Gasteiger partial charge in [-0.2, -0.15) is 5.26 Å². The van der Waals surface area contributed by atoms with Crippen molar-refractivity contribution >= 4 is 38.1 Å². The van der Waals surface area contributed by atoms with Gasteiger partial charge >= 0.3 is 0 Å². The molecule has 8 nitrogen and oxygen atoms in total. The summed E-state index contributed by atoms with van der Waals surface area (Å²) in [6.45, 7) is 2.00. The number of hydrogen-bond donors (Lipinski definition) is 2.